The van der Waals surface area contributed by atoms with Gasteiger partial charge in [-0.05, 0) is 91.9 Å². The molecule has 310 valence electrons. The Labute approximate surface area is 349 Å². The summed E-state index contributed by atoms with van der Waals surface area (Å²) in [5, 5.41) is 3.16. The molecule has 0 saturated heterocycles. The molecular weight excluding hydrogens is 760 g/mol. The fourth-order valence-corrected chi connectivity index (χ4v) is 8.56. The van der Waals surface area contributed by atoms with E-state index in [1.54, 1.807) is 9.13 Å². The Bertz CT molecular complexity index is 2700. The molecule has 8 rings (SSSR count). The number of fused-ring (bicyclic) bond motifs is 6. The van der Waals surface area contributed by atoms with E-state index in [1.165, 1.54) is 24.3 Å². The maximum atomic E-state index is 16.7. The quantitative estimate of drug-likeness (QED) is 0.157. The normalized spacial score (nSPS) is 13.4. The number of hydrogen-bond acceptors (Lipinski definition) is 0. The van der Waals surface area contributed by atoms with Crippen molar-refractivity contribution in [2.45, 2.75) is 111 Å². The van der Waals surface area contributed by atoms with Gasteiger partial charge in [-0.3, -0.25) is 0 Å². The lowest BCUT2D eigenvalue weighted by atomic mass is 9.86. The molecule has 0 atom stereocenters. The minimum atomic E-state index is -4.91. The van der Waals surface area contributed by atoms with Gasteiger partial charge in [-0.2, -0.15) is 13.2 Å². The lowest BCUT2D eigenvalue weighted by Gasteiger charge is -2.25. The van der Waals surface area contributed by atoms with E-state index in [1.807, 2.05) is 72.8 Å². The second-order valence-electron chi connectivity index (χ2n) is 20.6. The van der Waals surface area contributed by atoms with Crippen molar-refractivity contribution < 1.29 is 22.0 Å². The summed E-state index contributed by atoms with van der Waals surface area (Å²) in [6.45, 7) is 24.9. The molecule has 2 nitrogen and oxygen atoms in total. The average Bonchev–Trinajstić information content (AvgIpc) is 3.65. The zero-order valence-electron chi connectivity index (χ0n) is 36.6. The van der Waals surface area contributed by atoms with Crippen molar-refractivity contribution in [2.75, 3.05) is 0 Å². The average molecular weight is 813 g/mol. The summed E-state index contributed by atoms with van der Waals surface area (Å²) in [5.74, 6) is -2.22. The van der Waals surface area contributed by atoms with Crippen LogP contribution in [-0.2, 0) is 27.8 Å². The number of aromatic nitrogens is 2. The van der Waals surface area contributed by atoms with Gasteiger partial charge in [0.15, 0.2) is 11.6 Å². The summed E-state index contributed by atoms with van der Waals surface area (Å²) in [4.78, 5) is 0. The van der Waals surface area contributed by atoms with Crippen molar-refractivity contribution in [3.63, 3.8) is 0 Å². The van der Waals surface area contributed by atoms with Crippen LogP contribution in [0.1, 0.15) is 111 Å². The van der Waals surface area contributed by atoms with Gasteiger partial charge in [0.05, 0.1) is 33.4 Å². The summed E-state index contributed by atoms with van der Waals surface area (Å²) in [7, 11) is 0. The van der Waals surface area contributed by atoms with Crippen molar-refractivity contribution in [3.8, 4) is 22.5 Å². The maximum Gasteiger partial charge on any atom is 0.420 e. The Morgan fingerprint density at radius 3 is 1.00 bits per heavy atom. The molecular formula is C53H53F5N2. The lowest BCUT2D eigenvalue weighted by Crippen LogP contribution is -2.17. The minimum absolute atomic E-state index is 0.118. The molecule has 0 aliphatic heterocycles. The lowest BCUT2D eigenvalue weighted by molar-refractivity contribution is -0.137. The summed E-state index contributed by atoms with van der Waals surface area (Å²) in [5.41, 5.74) is 3.59. The number of benzene rings is 6. The monoisotopic (exact) mass is 812 g/mol. The highest BCUT2D eigenvalue weighted by atomic mass is 19.4. The van der Waals surface area contributed by atoms with Crippen LogP contribution in [0.4, 0.5) is 22.0 Å². The van der Waals surface area contributed by atoms with Crippen LogP contribution in [-0.4, -0.2) is 9.13 Å². The number of rotatable bonds is 3. The molecule has 0 aliphatic carbocycles. The topological polar surface area (TPSA) is 9.86 Å². The van der Waals surface area contributed by atoms with E-state index in [-0.39, 0.29) is 44.2 Å². The van der Waals surface area contributed by atoms with Gasteiger partial charge in [0.1, 0.15) is 5.56 Å². The summed E-state index contributed by atoms with van der Waals surface area (Å²) < 4.78 is 84.7. The minimum Gasteiger partial charge on any atom is -0.309 e. The highest BCUT2D eigenvalue weighted by molar-refractivity contribution is 6.11. The van der Waals surface area contributed by atoms with Gasteiger partial charge in [0.2, 0.25) is 0 Å². The maximum absolute atomic E-state index is 16.7. The molecule has 2 heterocycles. The molecule has 60 heavy (non-hydrogen) atoms. The summed E-state index contributed by atoms with van der Waals surface area (Å²) in [6, 6.07) is 30.7. The van der Waals surface area contributed by atoms with Crippen LogP contribution >= 0.6 is 0 Å². The van der Waals surface area contributed by atoms with E-state index in [0.29, 0.717) is 22.1 Å². The molecule has 0 unspecified atom stereocenters. The summed E-state index contributed by atoms with van der Waals surface area (Å²) >= 11 is 0. The van der Waals surface area contributed by atoms with Crippen molar-refractivity contribution in [1.82, 2.24) is 9.13 Å². The standard InChI is InChI=1S/C53H53F5N2/c1-49(2,3)31-16-20-36-37-21-17-32(50(4,5)6)27-42(37)59(41(36)26-31)45-24-30(35-14-13-15-40(54)48(35)55)25-46(47(45)53(56,57)58)60-43-28-33(51(7,8)9)18-22-38(43)39-23-19-34(29-44(39)60)52(10,11)12/h13-29H,1-12H3. The first-order valence-corrected chi connectivity index (χ1v) is 20.6. The molecule has 0 fully saturated rings. The van der Waals surface area contributed by atoms with Gasteiger partial charge in [0, 0.05) is 27.1 Å². The highest BCUT2D eigenvalue weighted by Gasteiger charge is 2.40. The molecule has 0 spiro atoms. The predicted octanol–water partition coefficient (Wildman–Crippen LogP) is 16.0. The molecule has 0 saturated carbocycles. The number of hydrogen-bond donors (Lipinski definition) is 0. The van der Waals surface area contributed by atoms with Crippen molar-refractivity contribution >= 4 is 43.6 Å². The van der Waals surface area contributed by atoms with Crippen molar-refractivity contribution in [3.05, 3.63) is 143 Å². The van der Waals surface area contributed by atoms with Gasteiger partial charge in [-0.15, -0.1) is 0 Å². The van der Waals surface area contributed by atoms with Crippen LogP contribution in [0.25, 0.3) is 66.1 Å². The largest absolute Gasteiger partial charge is 0.420 e. The molecule has 2 aromatic heterocycles. The summed E-state index contributed by atoms with van der Waals surface area (Å²) in [6.07, 6.45) is -4.91. The third-order valence-electron chi connectivity index (χ3n) is 12.1. The predicted molar refractivity (Wildman–Crippen MR) is 240 cm³/mol. The Kier molecular flexibility index (Phi) is 9.32. The zero-order valence-corrected chi connectivity index (χ0v) is 36.6. The van der Waals surface area contributed by atoms with Gasteiger partial charge in [-0.1, -0.05) is 144 Å². The van der Waals surface area contributed by atoms with Crippen molar-refractivity contribution in [1.29, 1.82) is 0 Å². The van der Waals surface area contributed by atoms with Gasteiger partial charge in [0.25, 0.3) is 0 Å². The van der Waals surface area contributed by atoms with Gasteiger partial charge >= 0.3 is 6.18 Å². The first-order valence-electron chi connectivity index (χ1n) is 20.6. The molecule has 7 heteroatoms. The third kappa shape index (κ3) is 6.88. The van der Waals surface area contributed by atoms with E-state index in [9.17, 15) is 0 Å². The second-order valence-corrected chi connectivity index (χ2v) is 20.6. The second kappa shape index (κ2) is 13.5. The molecule has 0 amide bonds. The highest BCUT2D eigenvalue weighted by Crippen LogP contribution is 2.48. The smallest absolute Gasteiger partial charge is 0.309 e. The van der Waals surface area contributed by atoms with Crippen LogP contribution in [0.3, 0.4) is 0 Å². The Morgan fingerprint density at radius 1 is 0.400 bits per heavy atom. The fourth-order valence-electron chi connectivity index (χ4n) is 8.56. The molecule has 0 N–H and O–H groups in total. The van der Waals surface area contributed by atoms with E-state index >= 15 is 22.0 Å². The molecule has 8 aromatic rings. The first kappa shape index (κ1) is 41.3. The van der Waals surface area contributed by atoms with E-state index in [4.69, 9.17) is 0 Å². The number of halogens is 5. The Morgan fingerprint density at radius 2 is 0.717 bits per heavy atom. The first-order chi connectivity index (χ1) is 27.7. The van der Waals surface area contributed by atoms with Crippen LogP contribution in [0.15, 0.2) is 103 Å². The van der Waals surface area contributed by atoms with Gasteiger partial charge < -0.3 is 9.13 Å². The van der Waals surface area contributed by atoms with E-state index < -0.39 is 23.4 Å². The Balaban J connectivity index is 1.66. The van der Waals surface area contributed by atoms with Crippen molar-refractivity contribution in [2.24, 2.45) is 0 Å². The SMILES string of the molecule is CC(C)(C)c1ccc2c3ccc(C(C)(C)C)cc3n(-c3cc(-c4cccc(F)c4F)cc(-n4c5cc(C(C)(C)C)ccc5c5ccc(C(C)(C)C)cc54)c3C(F)(F)F)c2c1. The fraction of sp³-hybridized carbons (Fsp3) is 0.321. The van der Waals surface area contributed by atoms with Gasteiger partial charge in [-0.25, -0.2) is 8.78 Å². The number of alkyl halides is 3. The molecule has 6 aromatic carbocycles. The van der Waals surface area contributed by atoms with Crippen LogP contribution in [0.2, 0.25) is 0 Å². The van der Waals surface area contributed by atoms with E-state index in [0.717, 1.165) is 49.9 Å². The van der Waals surface area contributed by atoms with Crippen LogP contribution < -0.4 is 0 Å². The van der Waals surface area contributed by atoms with Crippen LogP contribution in [0.5, 0.6) is 0 Å². The Hall–Kier alpha value is -5.43. The zero-order chi connectivity index (χ0) is 43.6. The number of nitrogens with zero attached hydrogens (tertiary/aromatic N) is 2. The van der Waals surface area contributed by atoms with Crippen LogP contribution in [0, 0.1) is 11.6 Å². The molecule has 0 radical (unpaired) electrons. The van der Waals surface area contributed by atoms with E-state index in [2.05, 4.69) is 83.1 Å². The third-order valence-corrected chi connectivity index (χ3v) is 12.1. The molecule has 0 bridgehead atoms. The molecule has 0 aliphatic rings.